The second-order valence-corrected chi connectivity index (χ2v) is 11.1. The van der Waals surface area contributed by atoms with Gasteiger partial charge in [0, 0.05) is 25.6 Å². The number of aryl methyl sites for hydroxylation is 1. The van der Waals surface area contributed by atoms with Gasteiger partial charge in [-0.1, -0.05) is 31.2 Å². The van der Waals surface area contributed by atoms with Gasteiger partial charge in [0.15, 0.2) is 0 Å². The van der Waals surface area contributed by atoms with Gasteiger partial charge >= 0.3 is 0 Å². The first-order chi connectivity index (χ1) is 17.0. The lowest BCUT2D eigenvalue weighted by atomic mass is 10.0. The second kappa shape index (κ2) is 13.3. The molecule has 0 saturated carbocycles. The normalized spacial score (nSPS) is 12.2. The molecule has 0 spiro atoms. The molecule has 2 amide bonds. The number of benzene rings is 2. The third-order valence-electron chi connectivity index (χ3n) is 5.93. The molecule has 0 aromatic heterocycles. The molecule has 2 aromatic carbocycles. The molecule has 1 atom stereocenters. The Morgan fingerprint density at radius 2 is 1.69 bits per heavy atom. The molecule has 2 rings (SSSR count). The fraction of sp³-hybridized carbons (Fsp3) is 0.481. The van der Waals surface area contributed by atoms with Gasteiger partial charge in [-0.3, -0.25) is 13.9 Å². The van der Waals surface area contributed by atoms with Crippen molar-refractivity contribution >= 4 is 27.5 Å². The van der Waals surface area contributed by atoms with Crippen molar-refractivity contribution in [2.45, 2.75) is 65.6 Å². The number of sulfonamides is 1. The van der Waals surface area contributed by atoms with Gasteiger partial charge in [0.1, 0.15) is 11.8 Å². The lowest BCUT2D eigenvalue weighted by molar-refractivity contribution is -0.141. The summed E-state index contributed by atoms with van der Waals surface area (Å²) < 4.78 is 31.4. The number of methoxy groups -OCH3 is 1. The highest BCUT2D eigenvalue weighted by Gasteiger charge is 2.29. The Balaban J connectivity index is 2.22. The minimum absolute atomic E-state index is 0.0465. The number of nitrogens with zero attached hydrogens (tertiary/aromatic N) is 2. The molecule has 1 N–H and O–H groups in total. The standard InChI is InChI=1S/C27H39N3O5S/c1-7-25(27(32)28-20(2)3)29(19-22-12-9-8-11-21(22)4)26(31)13-10-18-30(36(6,33)34)23-14-16-24(35-5)17-15-23/h8-9,11-12,14-17,20,25H,7,10,13,18-19H2,1-6H3,(H,28,32)/t25-/m0/s1. The maximum atomic E-state index is 13.5. The molecule has 0 aliphatic rings. The lowest BCUT2D eigenvalue weighted by Crippen LogP contribution is -2.50. The predicted octanol–water partition coefficient (Wildman–Crippen LogP) is 3.88. The topological polar surface area (TPSA) is 96.0 Å². The number of nitrogens with one attached hydrogen (secondary N) is 1. The first kappa shape index (κ1) is 29.2. The average molecular weight is 518 g/mol. The van der Waals surface area contributed by atoms with Crippen LogP contribution in [0.4, 0.5) is 5.69 Å². The summed E-state index contributed by atoms with van der Waals surface area (Å²) >= 11 is 0. The summed E-state index contributed by atoms with van der Waals surface area (Å²) in [6, 6.07) is 13.9. The van der Waals surface area contributed by atoms with Crippen LogP contribution < -0.4 is 14.4 Å². The molecule has 0 bridgehead atoms. The van der Waals surface area contributed by atoms with E-state index < -0.39 is 16.1 Å². The monoisotopic (exact) mass is 517 g/mol. The summed E-state index contributed by atoms with van der Waals surface area (Å²) in [6.07, 6.45) is 2.04. The molecule has 0 radical (unpaired) electrons. The molecule has 8 nitrogen and oxygen atoms in total. The van der Waals surface area contributed by atoms with E-state index in [1.165, 1.54) is 4.31 Å². The number of amides is 2. The van der Waals surface area contributed by atoms with Crippen molar-refractivity contribution < 1.29 is 22.7 Å². The summed E-state index contributed by atoms with van der Waals surface area (Å²) in [5.41, 5.74) is 2.51. The van der Waals surface area contributed by atoms with Crippen molar-refractivity contribution in [3.8, 4) is 5.75 Å². The molecule has 198 valence electrons. The second-order valence-electron chi connectivity index (χ2n) is 9.17. The number of rotatable bonds is 13. The van der Waals surface area contributed by atoms with E-state index in [2.05, 4.69) is 5.32 Å². The van der Waals surface area contributed by atoms with E-state index >= 15 is 0 Å². The molecule has 9 heteroatoms. The smallest absolute Gasteiger partial charge is 0.243 e. The molecule has 36 heavy (non-hydrogen) atoms. The Bertz CT molecular complexity index is 1120. The maximum Gasteiger partial charge on any atom is 0.243 e. The van der Waals surface area contributed by atoms with Crippen LogP contribution in [0.5, 0.6) is 5.75 Å². The fourth-order valence-electron chi connectivity index (χ4n) is 4.02. The van der Waals surface area contributed by atoms with Crippen LogP contribution in [0.25, 0.3) is 0 Å². The average Bonchev–Trinajstić information content (AvgIpc) is 2.81. The number of carbonyl (C=O) groups is 2. The highest BCUT2D eigenvalue weighted by Crippen LogP contribution is 2.23. The van der Waals surface area contributed by atoms with Gasteiger partial charge in [-0.2, -0.15) is 0 Å². The predicted molar refractivity (Wildman–Crippen MR) is 144 cm³/mol. The van der Waals surface area contributed by atoms with Crippen LogP contribution in [0.2, 0.25) is 0 Å². The van der Waals surface area contributed by atoms with Gasteiger partial charge in [-0.25, -0.2) is 8.42 Å². The Morgan fingerprint density at radius 1 is 1.06 bits per heavy atom. The van der Waals surface area contributed by atoms with Gasteiger partial charge in [0.2, 0.25) is 21.8 Å². The van der Waals surface area contributed by atoms with Crippen LogP contribution >= 0.6 is 0 Å². The largest absolute Gasteiger partial charge is 0.497 e. The van der Waals surface area contributed by atoms with Gasteiger partial charge in [0.05, 0.1) is 19.1 Å². The van der Waals surface area contributed by atoms with Crippen molar-refractivity contribution in [1.29, 1.82) is 0 Å². The third-order valence-corrected chi connectivity index (χ3v) is 7.13. The zero-order valence-electron chi connectivity index (χ0n) is 22.2. The van der Waals surface area contributed by atoms with E-state index in [1.807, 2.05) is 52.0 Å². The van der Waals surface area contributed by atoms with Crippen LogP contribution in [-0.2, 0) is 26.2 Å². The van der Waals surface area contributed by atoms with Crippen LogP contribution in [0.1, 0.15) is 51.2 Å². The SMILES string of the molecule is CC[C@@H](C(=O)NC(C)C)N(Cc1ccccc1C)C(=O)CCCN(c1ccc(OC)cc1)S(C)(=O)=O. The molecule has 0 aliphatic carbocycles. The molecule has 2 aromatic rings. The number of anilines is 1. The van der Waals surface area contributed by atoms with Crippen molar-refractivity contribution in [2.24, 2.45) is 0 Å². The van der Waals surface area contributed by atoms with Crippen LogP contribution in [0.3, 0.4) is 0 Å². The first-order valence-corrected chi connectivity index (χ1v) is 14.1. The summed E-state index contributed by atoms with van der Waals surface area (Å²) in [5.74, 6) is 0.247. The summed E-state index contributed by atoms with van der Waals surface area (Å²) in [5, 5.41) is 2.92. The van der Waals surface area contributed by atoms with E-state index in [0.717, 1.165) is 17.4 Å². The van der Waals surface area contributed by atoms with Crippen LogP contribution in [-0.4, -0.2) is 57.1 Å². The Morgan fingerprint density at radius 3 is 2.22 bits per heavy atom. The summed E-state index contributed by atoms with van der Waals surface area (Å²) in [6.45, 7) is 8.09. The van der Waals surface area contributed by atoms with Crippen molar-refractivity contribution in [1.82, 2.24) is 10.2 Å². The van der Waals surface area contributed by atoms with Gasteiger partial charge in [-0.15, -0.1) is 0 Å². The minimum atomic E-state index is -3.55. The van der Waals surface area contributed by atoms with Gasteiger partial charge < -0.3 is 15.0 Å². The molecule has 0 saturated heterocycles. The van der Waals surface area contributed by atoms with Crippen molar-refractivity contribution in [3.63, 3.8) is 0 Å². The van der Waals surface area contributed by atoms with E-state index in [-0.39, 0.29) is 30.8 Å². The zero-order valence-corrected chi connectivity index (χ0v) is 23.0. The highest BCUT2D eigenvalue weighted by molar-refractivity contribution is 7.92. The Hall–Kier alpha value is -3.07. The quantitative estimate of drug-likeness (QED) is 0.435. The van der Waals surface area contributed by atoms with Crippen LogP contribution in [0.15, 0.2) is 48.5 Å². The molecule has 0 aliphatic heterocycles. The summed E-state index contributed by atoms with van der Waals surface area (Å²) in [7, 11) is -2.01. The van der Waals surface area contributed by atoms with E-state index in [4.69, 9.17) is 4.74 Å². The third kappa shape index (κ3) is 8.26. The number of carbonyl (C=O) groups excluding carboxylic acids is 2. The fourth-order valence-corrected chi connectivity index (χ4v) is 4.99. The van der Waals surface area contributed by atoms with Crippen molar-refractivity contribution in [3.05, 3.63) is 59.7 Å². The molecule has 0 fully saturated rings. The first-order valence-electron chi connectivity index (χ1n) is 12.2. The Kier molecular flexibility index (Phi) is 10.8. The van der Waals surface area contributed by atoms with E-state index in [9.17, 15) is 18.0 Å². The number of ether oxygens (including phenoxy) is 1. The summed E-state index contributed by atoms with van der Waals surface area (Å²) in [4.78, 5) is 28.0. The highest BCUT2D eigenvalue weighted by atomic mass is 32.2. The molecule has 0 heterocycles. The molecular formula is C27H39N3O5S. The molecule has 0 unspecified atom stereocenters. The van der Waals surface area contributed by atoms with Gasteiger partial charge in [-0.05, 0) is 69.0 Å². The Labute approximate surface area is 215 Å². The number of hydrogen-bond acceptors (Lipinski definition) is 5. The van der Waals surface area contributed by atoms with E-state index in [0.29, 0.717) is 30.8 Å². The molecular weight excluding hydrogens is 478 g/mol. The maximum absolute atomic E-state index is 13.5. The minimum Gasteiger partial charge on any atom is -0.497 e. The van der Waals surface area contributed by atoms with Crippen molar-refractivity contribution in [2.75, 3.05) is 24.2 Å². The van der Waals surface area contributed by atoms with Crippen LogP contribution in [0, 0.1) is 6.92 Å². The van der Waals surface area contributed by atoms with Gasteiger partial charge in [0.25, 0.3) is 0 Å². The lowest BCUT2D eigenvalue weighted by Gasteiger charge is -2.32. The number of hydrogen-bond donors (Lipinski definition) is 1. The van der Waals surface area contributed by atoms with E-state index in [1.54, 1.807) is 36.3 Å². The zero-order chi connectivity index (χ0) is 26.9.